The van der Waals surface area contributed by atoms with Crippen LogP contribution in [0.2, 0.25) is 0 Å². The molecule has 2 rings (SSSR count). The summed E-state index contributed by atoms with van der Waals surface area (Å²) in [6, 6.07) is 0. The summed E-state index contributed by atoms with van der Waals surface area (Å²) < 4.78 is 38.5. The van der Waals surface area contributed by atoms with E-state index in [4.69, 9.17) is 0 Å². The van der Waals surface area contributed by atoms with Crippen molar-refractivity contribution in [3.8, 4) is 0 Å². The Hall–Kier alpha value is -1.08. The van der Waals surface area contributed by atoms with Crippen molar-refractivity contribution in [1.29, 1.82) is 0 Å². The molecule has 7 heteroatoms. The topological polar surface area (TPSA) is 33.1 Å². The number of nitrogens with zero attached hydrogens (tertiary/aromatic N) is 3. The van der Waals surface area contributed by atoms with Crippen molar-refractivity contribution < 1.29 is 13.2 Å². The smallest absolute Gasteiger partial charge is 0.325 e. The second-order valence-electron chi connectivity index (χ2n) is 6.00. The number of aromatic nitrogens is 2. The lowest BCUT2D eigenvalue weighted by Gasteiger charge is -2.29. The number of halogens is 3. The molecule has 1 atom stereocenters. The quantitative estimate of drug-likeness (QED) is 0.899. The summed E-state index contributed by atoms with van der Waals surface area (Å²) in [5.41, 5.74) is 0.191. The van der Waals surface area contributed by atoms with E-state index in [1.165, 1.54) is 17.0 Å². The number of nitrogens with one attached hydrogen (secondary N) is 1. The molecule has 2 heterocycles. The molecule has 1 aliphatic heterocycles. The third kappa shape index (κ3) is 4.21. The van der Waals surface area contributed by atoms with Crippen LogP contribution in [-0.2, 0) is 13.1 Å². The van der Waals surface area contributed by atoms with Crippen LogP contribution in [0.15, 0.2) is 12.4 Å². The summed E-state index contributed by atoms with van der Waals surface area (Å²) in [6.45, 7) is 4.46. The molecule has 0 spiro atoms. The SMILES string of the molecule is CN(Cc1nccn1CC(F)(F)F)CC1(C)CCNC1. The predicted octanol–water partition coefficient (Wildman–Crippen LogP) is 1.88. The molecule has 0 saturated carbocycles. The van der Waals surface area contributed by atoms with E-state index in [9.17, 15) is 13.2 Å². The molecule has 20 heavy (non-hydrogen) atoms. The van der Waals surface area contributed by atoms with Crippen molar-refractivity contribution in [2.24, 2.45) is 5.41 Å². The largest absolute Gasteiger partial charge is 0.406 e. The number of imidazole rings is 1. The van der Waals surface area contributed by atoms with Crippen LogP contribution in [0.1, 0.15) is 19.2 Å². The summed E-state index contributed by atoms with van der Waals surface area (Å²) in [6.07, 6.45) is -0.313. The van der Waals surface area contributed by atoms with Gasteiger partial charge in [-0.3, -0.25) is 4.90 Å². The number of hydrogen-bond acceptors (Lipinski definition) is 3. The molecule has 0 aromatic carbocycles. The van der Waals surface area contributed by atoms with Crippen molar-refractivity contribution in [2.45, 2.75) is 32.6 Å². The Labute approximate surface area is 117 Å². The van der Waals surface area contributed by atoms with Gasteiger partial charge in [-0.2, -0.15) is 13.2 Å². The Morgan fingerprint density at radius 3 is 2.85 bits per heavy atom. The summed E-state index contributed by atoms with van der Waals surface area (Å²) >= 11 is 0. The van der Waals surface area contributed by atoms with Gasteiger partial charge in [-0.25, -0.2) is 4.98 Å². The average Bonchev–Trinajstić information content (AvgIpc) is 2.87. The predicted molar refractivity (Wildman–Crippen MR) is 70.2 cm³/mol. The van der Waals surface area contributed by atoms with Gasteiger partial charge in [0.1, 0.15) is 12.4 Å². The van der Waals surface area contributed by atoms with Gasteiger partial charge in [0.15, 0.2) is 0 Å². The van der Waals surface area contributed by atoms with E-state index in [0.717, 1.165) is 26.1 Å². The van der Waals surface area contributed by atoms with Crippen molar-refractivity contribution in [2.75, 3.05) is 26.7 Å². The summed E-state index contributed by atoms with van der Waals surface area (Å²) in [4.78, 5) is 6.09. The first kappa shape index (κ1) is 15.3. The van der Waals surface area contributed by atoms with E-state index >= 15 is 0 Å². The van der Waals surface area contributed by atoms with Gasteiger partial charge in [0.2, 0.25) is 0 Å². The highest BCUT2D eigenvalue weighted by Gasteiger charge is 2.31. The molecule has 4 nitrogen and oxygen atoms in total. The van der Waals surface area contributed by atoms with Crippen LogP contribution in [0.4, 0.5) is 13.2 Å². The van der Waals surface area contributed by atoms with Gasteiger partial charge in [-0.15, -0.1) is 0 Å². The fraction of sp³-hybridized carbons (Fsp3) is 0.769. The Kier molecular flexibility index (Phi) is 4.39. The molecule has 1 unspecified atom stereocenters. The maximum atomic E-state index is 12.5. The van der Waals surface area contributed by atoms with Crippen molar-refractivity contribution >= 4 is 0 Å². The molecule has 1 aromatic heterocycles. The van der Waals surface area contributed by atoms with Gasteiger partial charge in [-0.1, -0.05) is 6.92 Å². The van der Waals surface area contributed by atoms with Crippen molar-refractivity contribution in [3.63, 3.8) is 0 Å². The van der Waals surface area contributed by atoms with Crippen LogP contribution >= 0.6 is 0 Å². The molecular weight excluding hydrogens is 269 g/mol. The molecule has 1 aliphatic rings. The molecule has 1 N–H and O–H groups in total. The van der Waals surface area contributed by atoms with Gasteiger partial charge in [0, 0.05) is 25.5 Å². The van der Waals surface area contributed by atoms with Crippen molar-refractivity contribution in [1.82, 2.24) is 19.8 Å². The first-order valence-corrected chi connectivity index (χ1v) is 6.73. The molecule has 114 valence electrons. The van der Waals surface area contributed by atoms with E-state index in [-0.39, 0.29) is 5.41 Å². The van der Waals surface area contributed by atoms with Crippen LogP contribution in [-0.4, -0.2) is 47.3 Å². The molecule has 1 fully saturated rings. The fourth-order valence-corrected chi connectivity index (χ4v) is 2.78. The molecule has 0 bridgehead atoms. The fourth-order valence-electron chi connectivity index (χ4n) is 2.78. The minimum atomic E-state index is -4.21. The van der Waals surface area contributed by atoms with E-state index in [0.29, 0.717) is 12.4 Å². The first-order chi connectivity index (χ1) is 9.27. The summed E-state index contributed by atoms with van der Waals surface area (Å²) in [5.74, 6) is 0.458. The van der Waals surface area contributed by atoms with Crippen LogP contribution in [0, 0.1) is 5.41 Å². The van der Waals surface area contributed by atoms with Crippen LogP contribution in [0.25, 0.3) is 0 Å². The van der Waals surface area contributed by atoms with Crippen LogP contribution in [0.5, 0.6) is 0 Å². The normalized spacial score (nSPS) is 23.7. The zero-order valence-electron chi connectivity index (χ0n) is 11.9. The van der Waals surface area contributed by atoms with Crippen molar-refractivity contribution in [3.05, 3.63) is 18.2 Å². The lowest BCUT2D eigenvalue weighted by Crippen LogP contribution is -2.35. The summed E-state index contributed by atoms with van der Waals surface area (Å²) in [5, 5.41) is 3.32. The molecule has 0 radical (unpaired) electrons. The standard InChI is InChI=1S/C13H21F3N4/c1-12(3-4-17-8-12)9-19(2)7-11-18-5-6-20(11)10-13(14,15)16/h5-6,17H,3-4,7-10H2,1-2H3. The second kappa shape index (κ2) is 5.73. The average molecular weight is 290 g/mol. The Bertz CT molecular complexity index is 435. The molecule has 1 saturated heterocycles. The minimum Gasteiger partial charge on any atom is -0.325 e. The number of rotatable bonds is 5. The monoisotopic (exact) mass is 290 g/mol. The number of hydrogen-bond donors (Lipinski definition) is 1. The third-order valence-corrected chi connectivity index (χ3v) is 3.67. The van der Waals surface area contributed by atoms with Gasteiger partial charge in [-0.05, 0) is 25.4 Å². The van der Waals surface area contributed by atoms with Crippen LogP contribution < -0.4 is 5.32 Å². The van der Waals surface area contributed by atoms with Gasteiger partial charge >= 0.3 is 6.18 Å². The van der Waals surface area contributed by atoms with E-state index < -0.39 is 12.7 Å². The Balaban J connectivity index is 1.94. The lowest BCUT2D eigenvalue weighted by atomic mass is 9.89. The highest BCUT2D eigenvalue weighted by atomic mass is 19.4. The Morgan fingerprint density at radius 1 is 1.50 bits per heavy atom. The Morgan fingerprint density at radius 2 is 2.25 bits per heavy atom. The van der Waals surface area contributed by atoms with Gasteiger partial charge < -0.3 is 9.88 Å². The van der Waals surface area contributed by atoms with Gasteiger partial charge in [0.05, 0.1) is 6.54 Å². The maximum Gasteiger partial charge on any atom is 0.406 e. The zero-order chi connectivity index (χ0) is 14.8. The highest BCUT2D eigenvalue weighted by molar-refractivity contribution is 4.94. The van der Waals surface area contributed by atoms with E-state index in [1.54, 1.807) is 0 Å². The molecular formula is C13H21F3N4. The van der Waals surface area contributed by atoms with E-state index in [2.05, 4.69) is 17.2 Å². The first-order valence-electron chi connectivity index (χ1n) is 6.73. The van der Waals surface area contributed by atoms with E-state index in [1.807, 2.05) is 11.9 Å². The lowest BCUT2D eigenvalue weighted by molar-refractivity contribution is -0.141. The zero-order valence-corrected chi connectivity index (χ0v) is 11.9. The summed E-state index contributed by atoms with van der Waals surface area (Å²) in [7, 11) is 1.93. The maximum absolute atomic E-state index is 12.5. The molecule has 0 amide bonds. The molecule has 1 aromatic rings. The second-order valence-corrected chi connectivity index (χ2v) is 6.00. The third-order valence-electron chi connectivity index (χ3n) is 3.67. The number of alkyl halides is 3. The molecule has 0 aliphatic carbocycles. The highest BCUT2D eigenvalue weighted by Crippen LogP contribution is 2.26. The minimum absolute atomic E-state index is 0.191. The van der Waals surface area contributed by atoms with Crippen LogP contribution in [0.3, 0.4) is 0 Å². The van der Waals surface area contributed by atoms with Gasteiger partial charge in [0.25, 0.3) is 0 Å².